The normalized spacial score (nSPS) is 31.6. The van der Waals surface area contributed by atoms with E-state index < -0.39 is 0 Å². The minimum atomic E-state index is 0. The zero-order valence-corrected chi connectivity index (χ0v) is 17.9. The predicted octanol–water partition coefficient (Wildman–Crippen LogP) is 1.90. The average Bonchev–Trinajstić information content (AvgIpc) is 3.18. The highest BCUT2D eigenvalue weighted by Crippen LogP contribution is 2.62. The summed E-state index contributed by atoms with van der Waals surface area (Å²) >= 11 is 0. The number of aliphatic imine (C=N–C) groups is 1. The number of nitrogens with zero attached hydrogens (tertiary/aromatic N) is 4. The number of nitrogens with one attached hydrogen (secondary N) is 2. The molecule has 1 aromatic heterocycles. The van der Waals surface area contributed by atoms with Gasteiger partial charge in [-0.15, -0.1) is 34.2 Å². The van der Waals surface area contributed by atoms with Crippen LogP contribution < -0.4 is 10.6 Å². The van der Waals surface area contributed by atoms with Gasteiger partial charge >= 0.3 is 0 Å². The van der Waals surface area contributed by atoms with Gasteiger partial charge in [0.25, 0.3) is 0 Å². The summed E-state index contributed by atoms with van der Waals surface area (Å²) in [6.45, 7) is 3.45. The van der Waals surface area contributed by atoms with Gasteiger partial charge in [0.05, 0.1) is 6.10 Å². The molecule has 4 aliphatic rings. The second-order valence-electron chi connectivity index (χ2n) is 8.26. The number of rotatable bonds is 4. The molecule has 7 nitrogen and oxygen atoms in total. The van der Waals surface area contributed by atoms with Crippen LogP contribution in [-0.4, -0.2) is 45.5 Å². The monoisotopic (exact) mass is 472 g/mol. The Morgan fingerprint density at radius 2 is 2.08 bits per heavy atom. The van der Waals surface area contributed by atoms with Crippen LogP contribution in [0.15, 0.2) is 4.99 Å². The lowest BCUT2D eigenvalue weighted by molar-refractivity contribution is -0.171. The van der Waals surface area contributed by atoms with E-state index >= 15 is 0 Å². The van der Waals surface area contributed by atoms with E-state index in [-0.39, 0.29) is 24.0 Å². The summed E-state index contributed by atoms with van der Waals surface area (Å²) in [5.74, 6) is 3.44. The molecule has 5 rings (SSSR count). The Labute approximate surface area is 171 Å². The molecule has 3 saturated carbocycles. The molecular weight excluding hydrogens is 443 g/mol. The Morgan fingerprint density at radius 3 is 2.69 bits per heavy atom. The van der Waals surface area contributed by atoms with Gasteiger partial charge in [0.15, 0.2) is 11.8 Å². The zero-order valence-electron chi connectivity index (χ0n) is 15.6. The highest BCUT2D eigenvalue weighted by molar-refractivity contribution is 14.0. The summed E-state index contributed by atoms with van der Waals surface area (Å²) < 4.78 is 8.05. The molecule has 3 aliphatic carbocycles. The fraction of sp³-hybridized carbons (Fsp3) is 0.833. The van der Waals surface area contributed by atoms with Gasteiger partial charge in [-0.3, -0.25) is 0 Å². The summed E-state index contributed by atoms with van der Waals surface area (Å²) in [4.78, 5) is 4.84. The van der Waals surface area contributed by atoms with E-state index in [9.17, 15) is 0 Å². The van der Waals surface area contributed by atoms with Gasteiger partial charge in [-0.25, -0.2) is 4.99 Å². The third kappa shape index (κ3) is 2.93. The first-order valence-corrected chi connectivity index (χ1v) is 9.71. The van der Waals surface area contributed by atoms with Crippen molar-refractivity contribution in [2.45, 2.75) is 70.2 Å². The third-order valence-corrected chi connectivity index (χ3v) is 6.81. The minimum absolute atomic E-state index is 0. The Kier molecular flexibility index (Phi) is 4.92. The van der Waals surface area contributed by atoms with Gasteiger partial charge in [-0.1, -0.05) is 6.42 Å². The number of hydrogen-bond acceptors (Lipinski definition) is 4. The fourth-order valence-electron chi connectivity index (χ4n) is 4.90. The van der Waals surface area contributed by atoms with Crippen molar-refractivity contribution in [2.75, 3.05) is 6.61 Å². The lowest BCUT2D eigenvalue weighted by atomic mass is 9.46. The van der Waals surface area contributed by atoms with Crippen LogP contribution in [0.2, 0.25) is 0 Å². The van der Waals surface area contributed by atoms with E-state index in [0.29, 0.717) is 36.1 Å². The number of fused-ring (bicyclic) bond motifs is 2. The van der Waals surface area contributed by atoms with Crippen molar-refractivity contribution >= 4 is 29.9 Å². The lowest BCUT2D eigenvalue weighted by Gasteiger charge is -2.63. The van der Waals surface area contributed by atoms with E-state index in [1.165, 1.54) is 38.5 Å². The maximum atomic E-state index is 6.04. The minimum Gasteiger partial charge on any atom is -0.377 e. The third-order valence-electron chi connectivity index (χ3n) is 6.81. The second kappa shape index (κ2) is 6.92. The van der Waals surface area contributed by atoms with Crippen LogP contribution in [-0.2, 0) is 18.3 Å². The first kappa shape index (κ1) is 18.5. The van der Waals surface area contributed by atoms with Gasteiger partial charge in [0.2, 0.25) is 0 Å². The van der Waals surface area contributed by atoms with Crippen LogP contribution >= 0.6 is 24.0 Å². The molecule has 3 atom stereocenters. The number of halogens is 1. The maximum Gasteiger partial charge on any atom is 0.192 e. The Balaban J connectivity index is 0.00000168. The van der Waals surface area contributed by atoms with Crippen molar-refractivity contribution in [3.63, 3.8) is 0 Å². The molecule has 2 N–H and O–H groups in total. The van der Waals surface area contributed by atoms with Gasteiger partial charge in [-0.05, 0) is 39.0 Å². The highest BCUT2D eigenvalue weighted by Gasteiger charge is 2.66. The number of guanidine groups is 1. The Hall–Kier alpha value is -0.900. The molecule has 0 bridgehead atoms. The molecule has 4 fully saturated rings. The molecule has 1 saturated heterocycles. The summed E-state index contributed by atoms with van der Waals surface area (Å²) in [7, 11) is 2.00. The van der Waals surface area contributed by atoms with Crippen LogP contribution in [0.1, 0.15) is 50.2 Å². The van der Waals surface area contributed by atoms with Crippen LogP contribution in [0.3, 0.4) is 0 Å². The van der Waals surface area contributed by atoms with Crippen LogP contribution in [0, 0.1) is 18.3 Å². The molecule has 1 spiro atoms. The van der Waals surface area contributed by atoms with Crippen molar-refractivity contribution in [1.29, 1.82) is 0 Å². The first-order chi connectivity index (χ1) is 12.2. The first-order valence-electron chi connectivity index (χ1n) is 9.71. The molecule has 3 unspecified atom stereocenters. The number of aromatic nitrogens is 3. The summed E-state index contributed by atoms with van der Waals surface area (Å²) in [6, 6.07) is 1.10. The van der Waals surface area contributed by atoms with Crippen molar-refractivity contribution < 1.29 is 4.74 Å². The van der Waals surface area contributed by atoms with Crippen LogP contribution in [0.4, 0.5) is 0 Å². The second-order valence-corrected chi connectivity index (χ2v) is 8.26. The molecule has 144 valence electrons. The van der Waals surface area contributed by atoms with Crippen molar-refractivity contribution in [1.82, 2.24) is 25.4 Å². The van der Waals surface area contributed by atoms with Crippen LogP contribution in [0.25, 0.3) is 0 Å². The Morgan fingerprint density at radius 1 is 1.27 bits per heavy atom. The zero-order chi connectivity index (χ0) is 17.0. The quantitative estimate of drug-likeness (QED) is 0.398. The molecule has 0 amide bonds. The summed E-state index contributed by atoms with van der Waals surface area (Å²) in [6.07, 6.45) is 8.09. The van der Waals surface area contributed by atoms with Gasteiger partial charge < -0.3 is 19.9 Å². The molecular formula is C18H29IN6O. The van der Waals surface area contributed by atoms with Crippen molar-refractivity contribution in [3.05, 3.63) is 11.6 Å². The van der Waals surface area contributed by atoms with E-state index in [1.54, 1.807) is 0 Å². The van der Waals surface area contributed by atoms with E-state index in [1.807, 2.05) is 18.5 Å². The van der Waals surface area contributed by atoms with Gasteiger partial charge in [-0.2, -0.15) is 0 Å². The van der Waals surface area contributed by atoms with E-state index in [0.717, 1.165) is 24.2 Å². The van der Waals surface area contributed by atoms with Gasteiger partial charge in [0, 0.05) is 37.1 Å². The smallest absolute Gasteiger partial charge is 0.192 e. The lowest BCUT2D eigenvalue weighted by Crippen LogP contribution is -2.72. The van der Waals surface area contributed by atoms with Gasteiger partial charge in [0.1, 0.15) is 12.4 Å². The highest BCUT2D eigenvalue weighted by atomic mass is 127. The Bertz CT molecular complexity index is 696. The fourth-order valence-corrected chi connectivity index (χ4v) is 4.90. The van der Waals surface area contributed by atoms with Crippen molar-refractivity contribution in [2.24, 2.45) is 23.4 Å². The molecule has 0 aromatic carbocycles. The largest absolute Gasteiger partial charge is 0.377 e. The standard InChI is InChI=1S/C18H28N6O.HI/c1-11-22-23-14(24(11)2)10-19-17(20-12-4-5-12)21-15-13-6-9-25-16(13)18(15)7-3-8-18;/h12-13,15-16H,3-10H2,1-2H3,(H2,19,20,21);1H. The number of ether oxygens (including phenoxy) is 1. The van der Waals surface area contributed by atoms with E-state index in [4.69, 9.17) is 9.73 Å². The summed E-state index contributed by atoms with van der Waals surface area (Å²) in [5, 5.41) is 15.7. The SMILES string of the molecule is Cc1nnc(CN=C(NC2CC2)NC2C3CCOC3C23CCC3)n1C.I. The van der Waals surface area contributed by atoms with Crippen LogP contribution in [0.5, 0.6) is 0 Å². The molecule has 2 heterocycles. The topological polar surface area (TPSA) is 76.4 Å². The van der Waals surface area contributed by atoms with E-state index in [2.05, 4.69) is 20.8 Å². The summed E-state index contributed by atoms with van der Waals surface area (Å²) in [5.41, 5.74) is 0.370. The predicted molar refractivity (Wildman–Crippen MR) is 110 cm³/mol. The number of aryl methyl sites for hydroxylation is 1. The number of hydrogen-bond donors (Lipinski definition) is 2. The maximum absolute atomic E-state index is 6.04. The molecule has 1 aromatic rings. The average molecular weight is 472 g/mol. The molecule has 0 radical (unpaired) electrons. The van der Waals surface area contributed by atoms with Crippen molar-refractivity contribution in [3.8, 4) is 0 Å². The molecule has 8 heteroatoms. The molecule has 26 heavy (non-hydrogen) atoms. The molecule has 1 aliphatic heterocycles.